The molecule has 3 rings (SSSR count). The smallest absolute Gasteiger partial charge is 0.338 e. The first-order chi connectivity index (χ1) is 11.2. The van der Waals surface area contributed by atoms with Crippen LogP contribution in [-0.2, 0) is 4.74 Å². The summed E-state index contributed by atoms with van der Waals surface area (Å²) in [5, 5.41) is 0.660. The monoisotopic (exact) mass is 322 g/mol. The molecule has 0 amide bonds. The second-order valence-corrected chi connectivity index (χ2v) is 5.56. The predicted octanol–water partition coefficient (Wildman–Crippen LogP) is 5.46. The second kappa shape index (κ2) is 6.67. The van der Waals surface area contributed by atoms with Crippen molar-refractivity contribution in [1.29, 1.82) is 0 Å². The Labute approximate surface area is 140 Å². The van der Waals surface area contributed by atoms with Crippen LogP contribution >= 0.6 is 11.6 Å². The van der Waals surface area contributed by atoms with Gasteiger partial charge in [0.15, 0.2) is 0 Å². The van der Waals surface area contributed by atoms with Crippen molar-refractivity contribution in [1.82, 2.24) is 0 Å². The van der Waals surface area contributed by atoms with Crippen LogP contribution in [0.4, 0.5) is 0 Å². The lowest BCUT2D eigenvalue weighted by Crippen LogP contribution is -2.03. The summed E-state index contributed by atoms with van der Waals surface area (Å²) < 4.78 is 4.90. The number of carbonyl (C=O) groups is 1. The van der Waals surface area contributed by atoms with Crippen LogP contribution in [0.1, 0.15) is 10.4 Å². The van der Waals surface area contributed by atoms with Crippen LogP contribution in [0.3, 0.4) is 0 Å². The topological polar surface area (TPSA) is 26.3 Å². The van der Waals surface area contributed by atoms with E-state index in [1.165, 1.54) is 7.11 Å². The first-order valence-corrected chi connectivity index (χ1v) is 7.60. The second-order valence-electron chi connectivity index (χ2n) is 5.12. The molecule has 0 aliphatic heterocycles. The van der Waals surface area contributed by atoms with Gasteiger partial charge in [0, 0.05) is 5.02 Å². The molecule has 0 atom stereocenters. The van der Waals surface area contributed by atoms with Gasteiger partial charge in [-0.05, 0) is 46.5 Å². The Morgan fingerprint density at radius 2 is 1.48 bits per heavy atom. The maximum atomic E-state index is 12.1. The minimum Gasteiger partial charge on any atom is -0.465 e. The van der Waals surface area contributed by atoms with E-state index in [0.29, 0.717) is 10.6 Å². The average Bonchev–Trinajstić information content (AvgIpc) is 2.62. The van der Waals surface area contributed by atoms with Crippen LogP contribution in [0.2, 0.25) is 5.02 Å². The summed E-state index contributed by atoms with van der Waals surface area (Å²) in [6.07, 6.45) is 0. The van der Waals surface area contributed by atoms with E-state index in [-0.39, 0.29) is 5.97 Å². The van der Waals surface area contributed by atoms with E-state index in [9.17, 15) is 4.79 Å². The Morgan fingerprint density at radius 3 is 2.13 bits per heavy atom. The fraction of sp³-hybridized carbons (Fsp3) is 0.0500. The zero-order chi connectivity index (χ0) is 16.2. The van der Waals surface area contributed by atoms with Gasteiger partial charge in [-0.1, -0.05) is 60.1 Å². The van der Waals surface area contributed by atoms with E-state index >= 15 is 0 Å². The average molecular weight is 323 g/mol. The number of methoxy groups -OCH3 is 1. The van der Waals surface area contributed by atoms with Crippen LogP contribution in [0.15, 0.2) is 72.8 Å². The number of ether oxygens (including phenoxy) is 1. The highest BCUT2D eigenvalue weighted by atomic mass is 35.5. The van der Waals surface area contributed by atoms with E-state index in [1.54, 1.807) is 6.07 Å². The van der Waals surface area contributed by atoms with Crippen LogP contribution < -0.4 is 0 Å². The van der Waals surface area contributed by atoms with Crippen LogP contribution in [-0.4, -0.2) is 13.1 Å². The zero-order valence-corrected chi connectivity index (χ0v) is 13.4. The van der Waals surface area contributed by atoms with Gasteiger partial charge in [0.2, 0.25) is 0 Å². The fourth-order valence-corrected chi connectivity index (χ4v) is 2.64. The Morgan fingerprint density at radius 1 is 0.826 bits per heavy atom. The van der Waals surface area contributed by atoms with Crippen molar-refractivity contribution in [3.8, 4) is 22.3 Å². The number of benzene rings is 3. The highest BCUT2D eigenvalue weighted by Gasteiger charge is 2.14. The number of halogens is 1. The molecule has 0 fully saturated rings. The maximum absolute atomic E-state index is 12.1. The van der Waals surface area contributed by atoms with Crippen LogP contribution in [0, 0.1) is 0 Å². The number of rotatable bonds is 3. The summed E-state index contributed by atoms with van der Waals surface area (Å²) in [6.45, 7) is 0. The van der Waals surface area contributed by atoms with E-state index in [1.807, 2.05) is 66.7 Å². The molecule has 2 nitrogen and oxygen atoms in total. The largest absolute Gasteiger partial charge is 0.465 e. The van der Waals surface area contributed by atoms with Crippen molar-refractivity contribution in [3.63, 3.8) is 0 Å². The van der Waals surface area contributed by atoms with Gasteiger partial charge in [-0.25, -0.2) is 4.79 Å². The summed E-state index contributed by atoms with van der Waals surface area (Å²) in [5.41, 5.74) is 4.43. The van der Waals surface area contributed by atoms with Crippen molar-refractivity contribution in [2.75, 3.05) is 7.11 Å². The molecule has 0 aliphatic carbocycles. The van der Waals surface area contributed by atoms with Crippen molar-refractivity contribution in [2.45, 2.75) is 0 Å². The van der Waals surface area contributed by atoms with Gasteiger partial charge in [0.1, 0.15) is 0 Å². The molecule has 3 aromatic rings. The lowest BCUT2D eigenvalue weighted by atomic mass is 9.94. The van der Waals surface area contributed by atoms with Gasteiger partial charge in [-0.2, -0.15) is 0 Å². The van der Waals surface area contributed by atoms with E-state index in [2.05, 4.69) is 0 Å². The molecule has 0 aromatic heterocycles. The third-order valence-electron chi connectivity index (χ3n) is 3.69. The SMILES string of the molecule is COC(=O)c1ccc(-c2ccccc2)cc1-c1ccc(Cl)cc1. The molecular weight excluding hydrogens is 308 g/mol. The lowest BCUT2D eigenvalue weighted by Gasteiger charge is -2.11. The van der Waals surface area contributed by atoms with E-state index < -0.39 is 0 Å². The molecule has 23 heavy (non-hydrogen) atoms. The molecule has 0 heterocycles. The quantitative estimate of drug-likeness (QED) is 0.598. The van der Waals surface area contributed by atoms with Crippen molar-refractivity contribution in [3.05, 3.63) is 83.4 Å². The third-order valence-corrected chi connectivity index (χ3v) is 3.94. The third kappa shape index (κ3) is 3.27. The molecule has 0 aliphatic rings. The van der Waals surface area contributed by atoms with Gasteiger partial charge in [0.25, 0.3) is 0 Å². The van der Waals surface area contributed by atoms with Gasteiger partial charge in [-0.3, -0.25) is 0 Å². The maximum Gasteiger partial charge on any atom is 0.338 e. The van der Waals surface area contributed by atoms with Crippen molar-refractivity contribution in [2.24, 2.45) is 0 Å². The van der Waals surface area contributed by atoms with Gasteiger partial charge < -0.3 is 4.74 Å². The van der Waals surface area contributed by atoms with Gasteiger partial charge in [-0.15, -0.1) is 0 Å². The molecule has 0 spiro atoms. The molecule has 0 saturated heterocycles. The minimum atomic E-state index is -0.352. The highest BCUT2D eigenvalue weighted by Crippen LogP contribution is 2.30. The van der Waals surface area contributed by atoms with Gasteiger partial charge in [0.05, 0.1) is 12.7 Å². The Bertz CT molecular complexity index is 824. The standard InChI is InChI=1S/C20H15ClO2/c1-23-20(22)18-12-9-16(14-5-3-2-4-6-14)13-19(18)15-7-10-17(21)11-8-15/h2-13H,1H3. The molecule has 0 unspecified atom stereocenters. The molecule has 0 saturated carbocycles. The van der Waals surface area contributed by atoms with Crippen molar-refractivity contribution >= 4 is 17.6 Å². The summed E-state index contributed by atoms with van der Waals surface area (Å²) in [5.74, 6) is -0.352. The molecule has 3 aromatic carbocycles. The van der Waals surface area contributed by atoms with Gasteiger partial charge >= 0.3 is 5.97 Å². The summed E-state index contributed by atoms with van der Waals surface area (Å²) in [7, 11) is 1.39. The Hall–Kier alpha value is -2.58. The fourth-order valence-electron chi connectivity index (χ4n) is 2.51. The summed E-state index contributed by atoms with van der Waals surface area (Å²) in [4.78, 5) is 12.1. The first-order valence-electron chi connectivity index (χ1n) is 7.23. The predicted molar refractivity (Wildman–Crippen MR) is 93.7 cm³/mol. The normalized spacial score (nSPS) is 10.3. The summed E-state index contributed by atoms with van der Waals surface area (Å²) >= 11 is 5.96. The minimum absolute atomic E-state index is 0.352. The molecule has 0 bridgehead atoms. The molecule has 3 heteroatoms. The summed E-state index contributed by atoms with van der Waals surface area (Å²) in [6, 6.07) is 23.2. The first kappa shape index (κ1) is 15.3. The zero-order valence-electron chi connectivity index (χ0n) is 12.6. The molecule has 0 radical (unpaired) electrons. The van der Waals surface area contributed by atoms with Crippen molar-refractivity contribution < 1.29 is 9.53 Å². The van der Waals surface area contributed by atoms with Crippen LogP contribution in [0.5, 0.6) is 0 Å². The number of hydrogen-bond acceptors (Lipinski definition) is 2. The Balaban J connectivity index is 2.16. The molecular formula is C20H15ClO2. The van der Waals surface area contributed by atoms with E-state index in [0.717, 1.165) is 22.3 Å². The van der Waals surface area contributed by atoms with Crippen LogP contribution in [0.25, 0.3) is 22.3 Å². The lowest BCUT2D eigenvalue weighted by molar-refractivity contribution is 0.0601. The molecule has 0 N–H and O–H groups in total. The molecule has 114 valence electrons. The number of carbonyl (C=O) groups excluding carboxylic acids is 1. The number of esters is 1. The highest BCUT2D eigenvalue weighted by molar-refractivity contribution is 6.30. The number of hydrogen-bond donors (Lipinski definition) is 0. The Kier molecular flexibility index (Phi) is 4.45. The van der Waals surface area contributed by atoms with E-state index in [4.69, 9.17) is 16.3 Å².